The molecule has 1 aliphatic heterocycles. The minimum absolute atomic E-state index is 0.0454. The molecule has 1 amide bonds. The average Bonchev–Trinajstić information content (AvgIpc) is 2.65. The molecule has 0 aromatic heterocycles. The first-order valence-corrected chi connectivity index (χ1v) is 9.30. The lowest BCUT2D eigenvalue weighted by Crippen LogP contribution is -2.51. The maximum absolute atomic E-state index is 13.6. The summed E-state index contributed by atoms with van der Waals surface area (Å²) in [6, 6.07) is 10.0. The first kappa shape index (κ1) is 20.2. The van der Waals surface area contributed by atoms with E-state index in [2.05, 4.69) is 5.43 Å². The number of carbonyl (C=O) groups is 1. The fourth-order valence-corrected chi connectivity index (χ4v) is 3.62. The highest BCUT2D eigenvalue weighted by Gasteiger charge is 2.37. The summed E-state index contributed by atoms with van der Waals surface area (Å²) < 4.78 is 32.9. The van der Waals surface area contributed by atoms with Crippen molar-refractivity contribution in [2.75, 3.05) is 13.2 Å². The number of carbonyl (C=O) groups excluding carboxylic acids is 1. The van der Waals surface area contributed by atoms with E-state index in [1.807, 2.05) is 24.3 Å². The van der Waals surface area contributed by atoms with Crippen LogP contribution in [0.1, 0.15) is 30.5 Å². The van der Waals surface area contributed by atoms with Crippen LogP contribution in [0.15, 0.2) is 42.5 Å². The predicted octanol–water partition coefficient (Wildman–Crippen LogP) is 3.09. The van der Waals surface area contributed by atoms with Gasteiger partial charge in [0.2, 0.25) is 5.91 Å². The van der Waals surface area contributed by atoms with Gasteiger partial charge in [-0.25, -0.2) is 13.8 Å². The fraction of sp³-hybridized carbons (Fsp3) is 0.300. The first-order chi connectivity index (χ1) is 13.4. The third kappa shape index (κ3) is 4.28. The van der Waals surface area contributed by atoms with Crippen LogP contribution >= 0.6 is 12.2 Å². The van der Waals surface area contributed by atoms with E-state index in [-0.39, 0.29) is 28.4 Å². The minimum atomic E-state index is -0.744. The Morgan fingerprint density at radius 1 is 1.29 bits per heavy atom. The zero-order chi connectivity index (χ0) is 20.3. The van der Waals surface area contributed by atoms with Gasteiger partial charge in [0.15, 0.2) is 0 Å². The lowest BCUT2D eigenvalue weighted by Gasteiger charge is -2.40. The Morgan fingerprint density at radius 3 is 2.61 bits per heavy atom. The van der Waals surface area contributed by atoms with Gasteiger partial charge >= 0.3 is 0 Å². The highest BCUT2D eigenvalue weighted by atomic mass is 32.1. The smallest absolute Gasteiger partial charge is 0.238 e. The molecule has 2 atom stereocenters. The van der Waals surface area contributed by atoms with Gasteiger partial charge in [-0.15, -0.1) is 0 Å². The van der Waals surface area contributed by atoms with E-state index in [0.29, 0.717) is 25.3 Å². The molecular formula is C20H21F2N3O2S. The monoisotopic (exact) mass is 405 g/mol. The Kier molecular flexibility index (Phi) is 6.21. The lowest BCUT2D eigenvalue weighted by molar-refractivity contribution is -0.135. The van der Waals surface area contributed by atoms with Gasteiger partial charge in [-0.1, -0.05) is 30.4 Å². The number of hydrogen-bond acceptors (Lipinski definition) is 4. The van der Waals surface area contributed by atoms with Crippen molar-refractivity contribution in [3.05, 3.63) is 65.2 Å². The minimum Gasteiger partial charge on any atom is -0.493 e. The molecule has 0 fully saturated rings. The van der Waals surface area contributed by atoms with Crippen molar-refractivity contribution in [2.45, 2.75) is 19.4 Å². The highest BCUT2D eigenvalue weighted by molar-refractivity contribution is 7.80. The molecule has 28 heavy (non-hydrogen) atoms. The number of nitrogens with zero attached hydrogens (tertiary/aromatic N) is 1. The maximum atomic E-state index is 13.6. The molecule has 0 saturated heterocycles. The summed E-state index contributed by atoms with van der Waals surface area (Å²) in [6.07, 6.45) is 0.631. The van der Waals surface area contributed by atoms with Gasteiger partial charge < -0.3 is 10.5 Å². The van der Waals surface area contributed by atoms with Crippen molar-refractivity contribution in [1.29, 1.82) is 0 Å². The van der Waals surface area contributed by atoms with Crippen LogP contribution in [0.3, 0.4) is 0 Å². The zero-order valence-corrected chi connectivity index (χ0v) is 16.1. The Labute approximate surface area is 167 Å². The van der Waals surface area contributed by atoms with E-state index in [0.717, 1.165) is 23.8 Å². The molecule has 0 saturated carbocycles. The summed E-state index contributed by atoms with van der Waals surface area (Å²) >= 11 is 5.31. The van der Waals surface area contributed by atoms with Crippen LogP contribution < -0.4 is 15.9 Å². The molecule has 1 aliphatic rings. The molecule has 8 heteroatoms. The summed E-state index contributed by atoms with van der Waals surface area (Å²) in [7, 11) is 0. The van der Waals surface area contributed by atoms with Crippen LogP contribution in [0.25, 0.3) is 0 Å². The second-order valence-corrected chi connectivity index (χ2v) is 7.03. The van der Waals surface area contributed by atoms with E-state index < -0.39 is 11.6 Å². The Morgan fingerprint density at radius 2 is 1.96 bits per heavy atom. The number of hydrazine groups is 1. The lowest BCUT2D eigenvalue weighted by atomic mass is 9.87. The van der Waals surface area contributed by atoms with E-state index >= 15 is 0 Å². The van der Waals surface area contributed by atoms with Crippen LogP contribution in [-0.2, 0) is 4.79 Å². The Balaban J connectivity index is 1.95. The summed E-state index contributed by atoms with van der Waals surface area (Å²) in [6.45, 7) is 2.23. The normalized spacial score (nSPS) is 18.0. The Hall–Kier alpha value is -2.58. The van der Waals surface area contributed by atoms with Gasteiger partial charge in [-0.05, 0) is 31.2 Å². The molecular weight excluding hydrogens is 384 g/mol. The number of fused-ring (bicyclic) bond motifs is 1. The Bertz CT molecular complexity index is 873. The number of para-hydroxylation sites is 1. The van der Waals surface area contributed by atoms with Gasteiger partial charge in [-0.3, -0.25) is 10.2 Å². The molecule has 148 valence electrons. The highest BCUT2D eigenvalue weighted by Crippen LogP contribution is 2.40. The molecule has 0 spiro atoms. The van der Waals surface area contributed by atoms with Gasteiger partial charge in [0.05, 0.1) is 12.6 Å². The van der Waals surface area contributed by atoms with E-state index in [9.17, 15) is 13.6 Å². The molecule has 3 rings (SSSR count). The van der Waals surface area contributed by atoms with Crippen molar-refractivity contribution in [3.63, 3.8) is 0 Å². The molecule has 0 aliphatic carbocycles. The molecule has 1 unspecified atom stereocenters. The second-order valence-electron chi connectivity index (χ2n) is 6.62. The summed E-state index contributed by atoms with van der Waals surface area (Å²) in [5.41, 5.74) is 9.60. The maximum Gasteiger partial charge on any atom is 0.238 e. The van der Waals surface area contributed by atoms with E-state index in [4.69, 9.17) is 22.7 Å². The van der Waals surface area contributed by atoms with Crippen molar-refractivity contribution < 1.29 is 18.3 Å². The molecule has 1 heterocycles. The molecule has 2 aromatic carbocycles. The van der Waals surface area contributed by atoms with Crippen LogP contribution in [0, 0.1) is 17.6 Å². The van der Waals surface area contributed by atoms with Crippen LogP contribution in [0.5, 0.6) is 5.75 Å². The third-order valence-corrected chi connectivity index (χ3v) is 4.97. The number of nitrogens with one attached hydrogen (secondary N) is 1. The number of benzene rings is 2. The summed E-state index contributed by atoms with van der Waals surface area (Å²) in [5, 5.41) is 1.40. The van der Waals surface area contributed by atoms with Gasteiger partial charge in [0, 0.05) is 30.0 Å². The topological polar surface area (TPSA) is 67.6 Å². The first-order valence-electron chi connectivity index (χ1n) is 8.89. The summed E-state index contributed by atoms with van der Waals surface area (Å²) in [4.78, 5) is 12.5. The second kappa shape index (κ2) is 8.62. The number of amides is 1. The zero-order valence-electron chi connectivity index (χ0n) is 15.3. The quantitative estimate of drug-likeness (QED) is 0.604. The van der Waals surface area contributed by atoms with E-state index in [1.165, 1.54) is 11.9 Å². The third-order valence-electron chi connectivity index (χ3n) is 4.64. The molecule has 2 aromatic rings. The molecule has 0 bridgehead atoms. The van der Waals surface area contributed by atoms with Gasteiger partial charge in [0.1, 0.15) is 22.4 Å². The van der Waals surface area contributed by atoms with Crippen molar-refractivity contribution in [1.82, 2.24) is 10.4 Å². The van der Waals surface area contributed by atoms with Crippen molar-refractivity contribution in [3.8, 4) is 5.75 Å². The van der Waals surface area contributed by atoms with E-state index in [1.54, 1.807) is 0 Å². The number of nitrogens with two attached hydrogens (primary N) is 1. The largest absolute Gasteiger partial charge is 0.493 e. The fourth-order valence-electron chi connectivity index (χ4n) is 3.41. The van der Waals surface area contributed by atoms with Crippen LogP contribution in [0.2, 0.25) is 0 Å². The van der Waals surface area contributed by atoms with Crippen LogP contribution in [-0.4, -0.2) is 29.1 Å². The number of hydrogen-bond donors (Lipinski definition) is 2. The molecule has 5 nitrogen and oxygen atoms in total. The average molecular weight is 405 g/mol. The number of rotatable bonds is 4. The van der Waals surface area contributed by atoms with Crippen molar-refractivity contribution in [2.24, 2.45) is 11.7 Å². The number of halogens is 2. The summed E-state index contributed by atoms with van der Waals surface area (Å²) in [5.74, 6) is -1.17. The van der Waals surface area contributed by atoms with Crippen molar-refractivity contribution >= 4 is 23.1 Å². The predicted molar refractivity (Wildman–Crippen MR) is 106 cm³/mol. The van der Waals surface area contributed by atoms with Crippen LogP contribution in [0.4, 0.5) is 8.78 Å². The number of ether oxygens (including phenoxy) is 1. The molecule has 3 N–H and O–H groups in total. The standard InChI is InChI=1S/C20H21F2N3O2S/c1-12(26)25(24-20(28)14-8-15(21)10-16(22)9-14)19-13(6-7-23)11-27-18-5-3-2-4-17(18)19/h2-5,8-10,13,19H,6-7,11,23H2,1H3,(H,24,28)/t13-,19?/m1/s1. The molecule has 0 radical (unpaired) electrons. The number of thiocarbonyl (C=S) groups is 1. The van der Waals surface area contributed by atoms with Gasteiger partial charge in [-0.2, -0.15) is 0 Å². The van der Waals surface area contributed by atoms with Gasteiger partial charge in [0.25, 0.3) is 0 Å². The SMILES string of the molecule is CC(=O)N(NC(=S)c1cc(F)cc(F)c1)C1c2ccccc2OC[C@H]1CCN.